The molecule has 0 aliphatic carbocycles. The van der Waals surface area contributed by atoms with Crippen LogP contribution in [0.2, 0.25) is 0 Å². The van der Waals surface area contributed by atoms with Crippen molar-refractivity contribution in [1.82, 2.24) is 14.7 Å². The van der Waals surface area contributed by atoms with E-state index in [-0.39, 0.29) is 17.2 Å². The van der Waals surface area contributed by atoms with Crippen molar-refractivity contribution in [1.29, 1.82) is 0 Å². The van der Waals surface area contributed by atoms with Crippen molar-refractivity contribution in [3.8, 4) is 5.69 Å². The van der Waals surface area contributed by atoms with Crippen molar-refractivity contribution >= 4 is 22.6 Å². The standard InChI is InChI=1S/C26H23N3O4/c1-2-28(17-19-11-5-3-6-12-19)23(30)18-33-26(32)24-21-15-9-10-16-22(21)25(31)29(27-24)20-13-7-4-8-14-20/h3-16H,2,17-18H2,1H3. The number of amides is 1. The first kappa shape index (κ1) is 22.0. The Morgan fingerprint density at radius 2 is 1.48 bits per heavy atom. The molecule has 7 heteroatoms. The molecular weight excluding hydrogens is 418 g/mol. The number of likely N-dealkylation sites (N-methyl/N-ethyl adjacent to an activating group) is 1. The van der Waals surface area contributed by atoms with Crippen molar-refractivity contribution in [2.45, 2.75) is 13.5 Å². The Kier molecular flexibility index (Phi) is 6.59. The van der Waals surface area contributed by atoms with E-state index >= 15 is 0 Å². The van der Waals surface area contributed by atoms with Gasteiger partial charge in [0.2, 0.25) is 0 Å². The van der Waals surface area contributed by atoms with Gasteiger partial charge < -0.3 is 9.64 Å². The number of aromatic nitrogens is 2. The van der Waals surface area contributed by atoms with Gasteiger partial charge in [0.05, 0.1) is 11.1 Å². The molecular formula is C26H23N3O4. The van der Waals surface area contributed by atoms with Crippen LogP contribution in [0.3, 0.4) is 0 Å². The summed E-state index contributed by atoms with van der Waals surface area (Å²) in [7, 11) is 0. The van der Waals surface area contributed by atoms with Crippen LogP contribution in [0.5, 0.6) is 0 Å². The van der Waals surface area contributed by atoms with Gasteiger partial charge in [0.15, 0.2) is 12.3 Å². The van der Waals surface area contributed by atoms with Gasteiger partial charge in [-0.25, -0.2) is 4.79 Å². The van der Waals surface area contributed by atoms with Crippen LogP contribution in [-0.2, 0) is 16.1 Å². The SMILES string of the molecule is CCN(Cc1ccccc1)C(=O)COC(=O)c1nn(-c2ccccc2)c(=O)c2ccccc12. The minimum absolute atomic E-state index is 0.0204. The van der Waals surface area contributed by atoms with Gasteiger partial charge in [0.25, 0.3) is 11.5 Å². The van der Waals surface area contributed by atoms with Crippen LogP contribution < -0.4 is 5.56 Å². The highest BCUT2D eigenvalue weighted by Crippen LogP contribution is 2.16. The summed E-state index contributed by atoms with van der Waals surface area (Å²) < 4.78 is 6.52. The average molecular weight is 441 g/mol. The number of carbonyl (C=O) groups excluding carboxylic acids is 2. The molecule has 166 valence electrons. The van der Waals surface area contributed by atoms with Crippen molar-refractivity contribution in [3.05, 3.63) is 107 Å². The zero-order chi connectivity index (χ0) is 23.2. The quantitative estimate of drug-likeness (QED) is 0.410. The first-order valence-corrected chi connectivity index (χ1v) is 10.6. The minimum Gasteiger partial charge on any atom is -0.451 e. The Bertz CT molecular complexity index is 1330. The fraction of sp³-hybridized carbons (Fsp3) is 0.154. The van der Waals surface area contributed by atoms with Gasteiger partial charge in [0, 0.05) is 18.5 Å². The van der Waals surface area contributed by atoms with E-state index in [9.17, 15) is 14.4 Å². The predicted molar refractivity (Wildman–Crippen MR) is 125 cm³/mol. The maximum Gasteiger partial charge on any atom is 0.359 e. The molecule has 1 heterocycles. The molecule has 0 aliphatic rings. The highest BCUT2D eigenvalue weighted by atomic mass is 16.5. The number of carbonyl (C=O) groups is 2. The Labute approximate surface area is 190 Å². The molecule has 0 bridgehead atoms. The maximum absolute atomic E-state index is 13.0. The summed E-state index contributed by atoms with van der Waals surface area (Å²) in [5.74, 6) is -1.07. The Balaban J connectivity index is 1.58. The van der Waals surface area contributed by atoms with Gasteiger partial charge in [-0.1, -0.05) is 66.7 Å². The molecule has 0 radical (unpaired) electrons. The predicted octanol–water partition coefficient (Wildman–Crippen LogP) is 3.59. The van der Waals surface area contributed by atoms with E-state index < -0.39 is 12.6 Å². The molecule has 4 rings (SSSR count). The van der Waals surface area contributed by atoms with E-state index in [1.54, 1.807) is 53.4 Å². The second-order valence-corrected chi connectivity index (χ2v) is 7.42. The molecule has 33 heavy (non-hydrogen) atoms. The fourth-order valence-electron chi connectivity index (χ4n) is 3.55. The van der Waals surface area contributed by atoms with Crippen molar-refractivity contribution < 1.29 is 14.3 Å². The molecule has 0 fully saturated rings. The third-order valence-corrected chi connectivity index (χ3v) is 5.28. The number of fused-ring (bicyclic) bond motifs is 1. The lowest BCUT2D eigenvalue weighted by molar-refractivity contribution is -0.134. The van der Waals surface area contributed by atoms with Gasteiger partial charge in [-0.2, -0.15) is 9.78 Å². The molecule has 0 unspecified atom stereocenters. The topological polar surface area (TPSA) is 81.5 Å². The second kappa shape index (κ2) is 9.91. The minimum atomic E-state index is -0.764. The third kappa shape index (κ3) is 4.82. The summed E-state index contributed by atoms with van der Waals surface area (Å²) in [6.07, 6.45) is 0. The van der Waals surface area contributed by atoms with Crippen LogP contribution >= 0.6 is 0 Å². The molecule has 1 amide bonds. The summed E-state index contributed by atoms with van der Waals surface area (Å²) >= 11 is 0. The number of hydrogen-bond donors (Lipinski definition) is 0. The van der Waals surface area contributed by atoms with Crippen LogP contribution in [0.15, 0.2) is 89.7 Å². The van der Waals surface area contributed by atoms with Crippen molar-refractivity contribution in [2.75, 3.05) is 13.2 Å². The summed E-state index contributed by atoms with van der Waals surface area (Å²) in [6.45, 7) is 2.35. The zero-order valence-corrected chi connectivity index (χ0v) is 18.2. The van der Waals surface area contributed by atoms with Crippen LogP contribution in [0, 0.1) is 0 Å². The van der Waals surface area contributed by atoms with E-state index in [1.165, 1.54) is 4.68 Å². The van der Waals surface area contributed by atoms with Gasteiger partial charge in [-0.05, 0) is 30.7 Å². The Morgan fingerprint density at radius 3 is 2.15 bits per heavy atom. The average Bonchev–Trinajstić information content (AvgIpc) is 2.87. The summed E-state index contributed by atoms with van der Waals surface area (Å²) in [5.41, 5.74) is 1.15. The molecule has 7 nitrogen and oxygen atoms in total. The van der Waals surface area contributed by atoms with Crippen LogP contribution in [0.25, 0.3) is 16.5 Å². The summed E-state index contributed by atoms with van der Waals surface area (Å²) in [5, 5.41) is 5.01. The first-order valence-electron chi connectivity index (χ1n) is 10.6. The smallest absolute Gasteiger partial charge is 0.359 e. The Hall–Kier alpha value is -4.26. The fourth-order valence-corrected chi connectivity index (χ4v) is 3.55. The van der Waals surface area contributed by atoms with E-state index in [1.807, 2.05) is 43.3 Å². The van der Waals surface area contributed by atoms with Crippen LogP contribution in [0.4, 0.5) is 0 Å². The molecule has 0 saturated carbocycles. The molecule has 4 aromatic rings. The van der Waals surface area contributed by atoms with Crippen molar-refractivity contribution in [3.63, 3.8) is 0 Å². The van der Waals surface area contributed by atoms with Crippen LogP contribution in [-0.4, -0.2) is 39.7 Å². The molecule has 1 aromatic heterocycles. The third-order valence-electron chi connectivity index (χ3n) is 5.28. The number of rotatable bonds is 7. The van der Waals surface area contributed by atoms with Crippen LogP contribution in [0.1, 0.15) is 23.0 Å². The Morgan fingerprint density at radius 1 is 0.879 bits per heavy atom. The number of hydrogen-bond acceptors (Lipinski definition) is 5. The molecule has 0 atom stereocenters. The lowest BCUT2D eigenvalue weighted by Gasteiger charge is -2.21. The zero-order valence-electron chi connectivity index (χ0n) is 18.2. The molecule has 3 aromatic carbocycles. The van der Waals surface area contributed by atoms with Gasteiger partial charge >= 0.3 is 5.97 Å². The maximum atomic E-state index is 13.0. The highest BCUT2D eigenvalue weighted by Gasteiger charge is 2.21. The van der Waals surface area contributed by atoms with E-state index in [4.69, 9.17) is 4.74 Å². The number of ether oxygens (including phenoxy) is 1. The van der Waals surface area contributed by atoms with Gasteiger partial charge in [-0.15, -0.1) is 0 Å². The van der Waals surface area contributed by atoms with Gasteiger partial charge in [-0.3, -0.25) is 9.59 Å². The van der Waals surface area contributed by atoms with Crippen molar-refractivity contribution in [2.24, 2.45) is 0 Å². The normalized spacial score (nSPS) is 10.7. The highest BCUT2D eigenvalue weighted by molar-refractivity contribution is 6.02. The molecule has 0 N–H and O–H groups in total. The van der Waals surface area contributed by atoms with E-state index in [0.29, 0.717) is 29.5 Å². The summed E-state index contributed by atoms with van der Waals surface area (Å²) in [4.78, 5) is 40.2. The molecule has 0 spiro atoms. The molecule has 0 aliphatic heterocycles. The largest absolute Gasteiger partial charge is 0.451 e. The van der Waals surface area contributed by atoms with E-state index in [0.717, 1.165) is 5.56 Å². The number of esters is 1. The first-order chi connectivity index (χ1) is 16.1. The lowest BCUT2D eigenvalue weighted by atomic mass is 10.1. The number of para-hydroxylation sites is 1. The second-order valence-electron chi connectivity index (χ2n) is 7.42. The number of nitrogens with zero attached hydrogens (tertiary/aromatic N) is 3. The molecule has 0 saturated heterocycles. The monoisotopic (exact) mass is 441 g/mol. The number of benzene rings is 3. The lowest BCUT2D eigenvalue weighted by Crippen LogP contribution is -2.34. The van der Waals surface area contributed by atoms with E-state index in [2.05, 4.69) is 5.10 Å². The van der Waals surface area contributed by atoms with Gasteiger partial charge in [0.1, 0.15) is 0 Å². The summed E-state index contributed by atoms with van der Waals surface area (Å²) in [6, 6.07) is 25.2.